The van der Waals surface area contributed by atoms with Crippen LogP contribution in [0.3, 0.4) is 0 Å². The average Bonchev–Trinajstić information content (AvgIpc) is 3.04. The van der Waals surface area contributed by atoms with Gasteiger partial charge in [0.15, 0.2) is 0 Å². The molecule has 1 aliphatic carbocycles. The fourth-order valence-electron chi connectivity index (χ4n) is 2.16. The smallest absolute Gasteiger partial charge is 0.126 e. The number of nitrogens with zero attached hydrogens (tertiary/aromatic N) is 1. The summed E-state index contributed by atoms with van der Waals surface area (Å²) in [5, 5.41) is 0. The van der Waals surface area contributed by atoms with Crippen molar-refractivity contribution in [2.45, 2.75) is 32.7 Å². The molecule has 0 saturated heterocycles. The van der Waals surface area contributed by atoms with Gasteiger partial charge < -0.3 is 10.6 Å². The number of hydrogen-bond donors (Lipinski definition) is 1. The molecule has 0 radical (unpaired) electrons. The Morgan fingerprint density at radius 1 is 1.47 bits per heavy atom. The second kappa shape index (κ2) is 4.65. The van der Waals surface area contributed by atoms with E-state index >= 15 is 0 Å². The van der Waals surface area contributed by atoms with Crippen molar-refractivity contribution in [1.82, 2.24) is 0 Å². The van der Waals surface area contributed by atoms with Gasteiger partial charge in [0.05, 0.1) is 0 Å². The van der Waals surface area contributed by atoms with Crippen LogP contribution in [-0.2, 0) is 0 Å². The monoisotopic (exact) mass is 236 g/mol. The van der Waals surface area contributed by atoms with Crippen LogP contribution in [-0.4, -0.2) is 13.6 Å². The van der Waals surface area contributed by atoms with Crippen LogP contribution in [0.25, 0.3) is 0 Å². The van der Waals surface area contributed by atoms with Crippen LogP contribution in [0.4, 0.5) is 10.1 Å². The van der Waals surface area contributed by atoms with Gasteiger partial charge in [0, 0.05) is 25.3 Å². The van der Waals surface area contributed by atoms with Crippen LogP contribution >= 0.6 is 0 Å². The van der Waals surface area contributed by atoms with E-state index in [1.54, 1.807) is 13.0 Å². The van der Waals surface area contributed by atoms with E-state index in [0.717, 1.165) is 23.7 Å². The number of hydrogen-bond acceptors (Lipinski definition) is 2. The second-order valence-electron chi connectivity index (χ2n) is 5.27. The minimum atomic E-state index is -0.166. The third-order valence-corrected chi connectivity index (χ3v) is 3.44. The zero-order chi connectivity index (χ0) is 12.6. The molecule has 1 fully saturated rings. The zero-order valence-electron chi connectivity index (χ0n) is 10.8. The highest BCUT2D eigenvalue weighted by Gasteiger charge is 2.24. The maximum absolute atomic E-state index is 13.6. The molecule has 2 N–H and O–H groups in total. The molecular weight excluding hydrogens is 215 g/mol. The van der Waals surface area contributed by atoms with E-state index in [-0.39, 0.29) is 11.9 Å². The van der Waals surface area contributed by atoms with E-state index in [1.807, 2.05) is 13.0 Å². The van der Waals surface area contributed by atoms with Gasteiger partial charge in [0.1, 0.15) is 5.82 Å². The highest BCUT2D eigenvalue weighted by Crippen LogP contribution is 2.33. The largest absolute Gasteiger partial charge is 0.374 e. The van der Waals surface area contributed by atoms with Crippen molar-refractivity contribution < 1.29 is 4.39 Å². The lowest BCUT2D eigenvalue weighted by Gasteiger charge is -2.24. The Kier molecular flexibility index (Phi) is 3.38. The summed E-state index contributed by atoms with van der Waals surface area (Å²) >= 11 is 0. The Hall–Kier alpha value is -1.09. The lowest BCUT2D eigenvalue weighted by molar-refractivity contribution is 0.612. The van der Waals surface area contributed by atoms with Crippen LogP contribution < -0.4 is 10.6 Å². The van der Waals surface area contributed by atoms with Gasteiger partial charge in [0.2, 0.25) is 0 Å². The van der Waals surface area contributed by atoms with Crippen molar-refractivity contribution in [2.24, 2.45) is 11.7 Å². The lowest BCUT2D eigenvalue weighted by atomic mass is 10.0. The summed E-state index contributed by atoms with van der Waals surface area (Å²) in [6.07, 6.45) is 2.63. The van der Waals surface area contributed by atoms with Gasteiger partial charge in [0.25, 0.3) is 0 Å². The number of halogens is 1. The molecule has 0 spiro atoms. The highest BCUT2D eigenvalue weighted by atomic mass is 19.1. The van der Waals surface area contributed by atoms with Gasteiger partial charge in [-0.3, -0.25) is 0 Å². The van der Waals surface area contributed by atoms with Crippen molar-refractivity contribution in [3.05, 3.63) is 29.1 Å². The van der Waals surface area contributed by atoms with Gasteiger partial charge >= 0.3 is 0 Å². The maximum atomic E-state index is 13.6. The van der Waals surface area contributed by atoms with Crippen LogP contribution in [0.15, 0.2) is 12.1 Å². The molecule has 94 valence electrons. The molecule has 0 aliphatic heterocycles. The first-order valence-electron chi connectivity index (χ1n) is 6.25. The molecule has 1 aromatic carbocycles. The molecule has 17 heavy (non-hydrogen) atoms. The van der Waals surface area contributed by atoms with E-state index in [4.69, 9.17) is 5.73 Å². The van der Waals surface area contributed by atoms with Gasteiger partial charge in [-0.05, 0) is 55.9 Å². The fourth-order valence-corrected chi connectivity index (χ4v) is 2.16. The first-order chi connectivity index (χ1) is 7.99. The number of rotatable bonds is 4. The highest BCUT2D eigenvalue weighted by molar-refractivity contribution is 5.56. The topological polar surface area (TPSA) is 29.3 Å². The van der Waals surface area contributed by atoms with Gasteiger partial charge in [-0.1, -0.05) is 0 Å². The first kappa shape index (κ1) is 12.4. The van der Waals surface area contributed by atoms with E-state index in [2.05, 4.69) is 11.9 Å². The van der Waals surface area contributed by atoms with E-state index < -0.39 is 0 Å². The minimum absolute atomic E-state index is 0.137. The Labute approximate surface area is 103 Å². The first-order valence-corrected chi connectivity index (χ1v) is 6.25. The van der Waals surface area contributed by atoms with Crippen molar-refractivity contribution in [3.63, 3.8) is 0 Å². The molecule has 0 unspecified atom stereocenters. The fraction of sp³-hybridized carbons (Fsp3) is 0.571. The zero-order valence-corrected chi connectivity index (χ0v) is 10.8. The minimum Gasteiger partial charge on any atom is -0.374 e. The van der Waals surface area contributed by atoms with Crippen molar-refractivity contribution >= 4 is 5.69 Å². The molecular formula is C14H21FN2. The van der Waals surface area contributed by atoms with Crippen molar-refractivity contribution in [1.29, 1.82) is 0 Å². The number of anilines is 1. The average molecular weight is 236 g/mol. The maximum Gasteiger partial charge on any atom is 0.126 e. The molecule has 3 heteroatoms. The third-order valence-electron chi connectivity index (χ3n) is 3.44. The number of aryl methyl sites for hydroxylation is 1. The molecule has 0 aromatic heterocycles. The lowest BCUT2D eigenvalue weighted by Crippen LogP contribution is -2.23. The Balaban J connectivity index is 2.31. The molecule has 1 atom stereocenters. The predicted molar refractivity (Wildman–Crippen MR) is 69.7 cm³/mol. The SMILES string of the molecule is Cc1cc(N(C)CC2CC2)c([C@H](C)N)cc1F. The third kappa shape index (κ3) is 2.78. The van der Waals surface area contributed by atoms with Crippen LogP contribution in [0, 0.1) is 18.7 Å². The van der Waals surface area contributed by atoms with Gasteiger partial charge in [-0.2, -0.15) is 0 Å². The van der Waals surface area contributed by atoms with E-state index in [9.17, 15) is 4.39 Å². The molecule has 0 bridgehead atoms. The quantitative estimate of drug-likeness (QED) is 0.870. The summed E-state index contributed by atoms with van der Waals surface area (Å²) in [6.45, 7) is 4.75. The number of benzene rings is 1. The van der Waals surface area contributed by atoms with Crippen LogP contribution in [0.5, 0.6) is 0 Å². The summed E-state index contributed by atoms with van der Waals surface area (Å²) in [5.74, 6) is 0.646. The standard InChI is InChI=1S/C14H21FN2/c1-9-6-14(17(3)8-11-4-5-11)12(10(2)16)7-13(9)15/h6-7,10-11H,4-5,8,16H2,1-3H3/t10-/m0/s1. The summed E-state index contributed by atoms with van der Waals surface area (Å²) in [6, 6.07) is 3.36. The summed E-state index contributed by atoms with van der Waals surface area (Å²) in [7, 11) is 2.07. The summed E-state index contributed by atoms with van der Waals surface area (Å²) in [5.41, 5.74) is 8.59. The van der Waals surface area contributed by atoms with Crippen LogP contribution in [0.1, 0.15) is 36.9 Å². The van der Waals surface area contributed by atoms with Gasteiger partial charge in [-0.25, -0.2) is 4.39 Å². The summed E-state index contributed by atoms with van der Waals surface area (Å²) in [4.78, 5) is 2.21. The number of nitrogens with two attached hydrogens (primary N) is 1. The molecule has 0 heterocycles. The molecule has 1 aliphatic rings. The molecule has 0 amide bonds. The van der Waals surface area contributed by atoms with Crippen molar-refractivity contribution in [3.8, 4) is 0 Å². The summed E-state index contributed by atoms with van der Waals surface area (Å²) < 4.78 is 13.6. The van der Waals surface area contributed by atoms with Crippen LogP contribution in [0.2, 0.25) is 0 Å². The predicted octanol–water partition coefficient (Wildman–Crippen LogP) is 3.00. The normalized spacial score (nSPS) is 17.0. The molecule has 1 saturated carbocycles. The Morgan fingerprint density at radius 3 is 2.65 bits per heavy atom. The van der Waals surface area contributed by atoms with E-state index in [1.165, 1.54) is 12.8 Å². The second-order valence-corrected chi connectivity index (χ2v) is 5.27. The van der Waals surface area contributed by atoms with E-state index in [0.29, 0.717) is 5.56 Å². The molecule has 2 rings (SSSR count). The molecule has 2 nitrogen and oxygen atoms in total. The molecule has 1 aromatic rings. The van der Waals surface area contributed by atoms with Gasteiger partial charge in [-0.15, -0.1) is 0 Å². The van der Waals surface area contributed by atoms with Crippen molar-refractivity contribution in [2.75, 3.05) is 18.5 Å². The Morgan fingerprint density at radius 2 is 2.12 bits per heavy atom. The Bertz CT molecular complexity index is 411.